The van der Waals surface area contributed by atoms with Gasteiger partial charge in [-0.2, -0.15) is 0 Å². The average molecular weight is 522 g/mol. The van der Waals surface area contributed by atoms with Crippen molar-refractivity contribution < 1.29 is 9.53 Å². The van der Waals surface area contributed by atoms with Crippen molar-refractivity contribution in [1.82, 2.24) is 24.3 Å². The predicted molar refractivity (Wildman–Crippen MR) is 154 cm³/mol. The minimum absolute atomic E-state index is 0.0407. The first-order valence-corrected chi connectivity index (χ1v) is 13.2. The Hall–Kier alpha value is -4.43. The average Bonchev–Trinajstić information content (AvgIpc) is 3.45. The Kier molecular flexibility index (Phi) is 6.40. The molecule has 6 rings (SSSR count). The number of nitrogens with one attached hydrogen (secondary N) is 1. The van der Waals surface area contributed by atoms with E-state index in [9.17, 15) is 9.59 Å². The Bertz CT molecular complexity index is 1750. The van der Waals surface area contributed by atoms with Crippen molar-refractivity contribution in [2.45, 2.75) is 13.0 Å². The molecule has 5 aromatic rings. The number of benzene rings is 2. The van der Waals surface area contributed by atoms with E-state index in [0.717, 1.165) is 57.5 Å². The molecule has 1 aliphatic rings. The summed E-state index contributed by atoms with van der Waals surface area (Å²) in [5, 5.41) is 1.93. The molecule has 1 fully saturated rings. The lowest BCUT2D eigenvalue weighted by Gasteiger charge is -2.37. The van der Waals surface area contributed by atoms with E-state index >= 15 is 0 Å². The number of hydrogen-bond acceptors (Lipinski definition) is 5. The molecule has 0 aliphatic carbocycles. The van der Waals surface area contributed by atoms with Crippen LogP contribution in [-0.4, -0.2) is 69.6 Å². The molecule has 39 heavy (non-hydrogen) atoms. The number of H-pyrrole nitrogens is 1. The van der Waals surface area contributed by atoms with Gasteiger partial charge in [0, 0.05) is 68.0 Å². The summed E-state index contributed by atoms with van der Waals surface area (Å²) in [6.45, 7) is 4.77. The molecule has 0 spiro atoms. The molecule has 1 N–H and O–H groups in total. The predicted octanol–water partition coefficient (Wildman–Crippen LogP) is 4.29. The fourth-order valence-electron chi connectivity index (χ4n) is 5.34. The van der Waals surface area contributed by atoms with E-state index in [-0.39, 0.29) is 17.5 Å². The number of likely N-dealkylation sites (N-methyl/N-ethyl adjacent to an activating group) is 1. The van der Waals surface area contributed by atoms with Gasteiger partial charge >= 0.3 is 0 Å². The van der Waals surface area contributed by atoms with Crippen LogP contribution >= 0.6 is 0 Å². The largest absolute Gasteiger partial charge is 0.492 e. The lowest BCUT2D eigenvalue weighted by molar-refractivity contribution is -0.139. The first-order valence-electron chi connectivity index (χ1n) is 13.2. The van der Waals surface area contributed by atoms with E-state index in [2.05, 4.69) is 28.1 Å². The van der Waals surface area contributed by atoms with Crippen LogP contribution in [0, 0.1) is 0 Å². The first kappa shape index (κ1) is 24.9. The van der Waals surface area contributed by atoms with Crippen molar-refractivity contribution in [3.05, 3.63) is 83.4 Å². The molecule has 0 saturated carbocycles. The third kappa shape index (κ3) is 4.68. The van der Waals surface area contributed by atoms with Crippen molar-refractivity contribution in [2.75, 3.05) is 33.3 Å². The number of hydrogen-bond donors (Lipinski definition) is 1. The third-order valence-electron chi connectivity index (χ3n) is 7.68. The molecule has 198 valence electrons. The van der Waals surface area contributed by atoms with E-state index in [1.165, 1.54) is 0 Å². The second-order valence-electron chi connectivity index (χ2n) is 10.2. The second kappa shape index (κ2) is 10.0. The Balaban J connectivity index is 1.20. The van der Waals surface area contributed by atoms with E-state index in [1.807, 2.05) is 62.6 Å². The Morgan fingerprint density at radius 2 is 1.87 bits per heavy atom. The number of rotatable bonds is 6. The Morgan fingerprint density at radius 1 is 1.00 bits per heavy atom. The van der Waals surface area contributed by atoms with Crippen LogP contribution in [0.25, 0.3) is 44.2 Å². The molecular weight excluding hydrogens is 490 g/mol. The van der Waals surface area contributed by atoms with E-state index < -0.39 is 0 Å². The van der Waals surface area contributed by atoms with Gasteiger partial charge < -0.3 is 19.2 Å². The SMILES string of the molecule is C[C@@H]1C(=O)N(C)CCN1CCOc1cccc(-c2ccc3cc(-c4cn(C)c(=O)c5[nH]ccc45)ccc3n2)c1. The summed E-state index contributed by atoms with van der Waals surface area (Å²) < 4.78 is 7.67. The summed E-state index contributed by atoms with van der Waals surface area (Å²) in [6.07, 6.45) is 3.69. The topological polar surface area (TPSA) is 83.5 Å². The van der Waals surface area contributed by atoms with Crippen LogP contribution in [0.3, 0.4) is 0 Å². The van der Waals surface area contributed by atoms with Crippen LogP contribution in [0.2, 0.25) is 0 Å². The van der Waals surface area contributed by atoms with Crippen molar-refractivity contribution in [1.29, 1.82) is 0 Å². The molecule has 0 radical (unpaired) electrons. The lowest BCUT2D eigenvalue weighted by atomic mass is 10.0. The number of fused-ring (bicyclic) bond motifs is 2. The van der Waals surface area contributed by atoms with Crippen LogP contribution in [0.1, 0.15) is 6.92 Å². The summed E-state index contributed by atoms with van der Waals surface area (Å²) in [6, 6.07) is 20.1. The van der Waals surface area contributed by atoms with Crippen LogP contribution < -0.4 is 10.3 Å². The number of aryl methyl sites for hydroxylation is 1. The molecule has 8 nitrogen and oxygen atoms in total. The van der Waals surface area contributed by atoms with Gasteiger partial charge in [-0.1, -0.05) is 24.3 Å². The number of ether oxygens (including phenoxy) is 1. The third-order valence-corrected chi connectivity index (χ3v) is 7.68. The van der Waals surface area contributed by atoms with Gasteiger partial charge in [-0.25, -0.2) is 4.98 Å². The standard InChI is InChI=1S/C31H31N5O3/c1-20-30(37)34(2)13-14-36(20)15-16-39-24-6-4-5-22(18-24)27-10-8-23-17-21(7-9-28(23)33-27)26-19-35(3)31(38)29-25(26)11-12-32-29/h4-12,17-20,32H,13-16H2,1-3H3/t20-/m1/s1. The van der Waals surface area contributed by atoms with Gasteiger partial charge in [-0.15, -0.1) is 0 Å². The Morgan fingerprint density at radius 3 is 2.74 bits per heavy atom. The fraction of sp³-hybridized carbons (Fsp3) is 0.258. The van der Waals surface area contributed by atoms with Crippen LogP contribution in [0.15, 0.2) is 77.9 Å². The van der Waals surface area contributed by atoms with Gasteiger partial charge in [0.25, 0.3) is 5.56 Å². The van der Waals surface area contributed by atoms with Crippen LogP contribution in [0.4, 0.5) is 0 Å². The van der Waals surface area contributed by atoms with Gasteiger partial charge in [0.05, 0.1) is 17.3 Å². The zero-order valence-electron chi connectivity index (χ0n) is 22.3. The van der Waals surface area contributed by atoms with E-state index in [4.69, 9.17) is 9.72 Å². The maximum atomic E-state index is 12.4. The maximum absolute atomic E-state index is 12.4. The normalized spacial score (nSPS) is 16.3. The maximum Gasteiger partial charge on any atom is 0.274 e. The molecule has 8 heteroatoms. The lowest BCUT2D eigenvalue weighted by Crippen LogP contribution is -2.55. The van der Waals surface area contributed by atoms with E-state index in [0.29, 0.717) is 18.7 Å². The van der Waals surface area contributed by atoms with E-state index in [1.54, 1.807) is 22.7 Å². The molecule has 0 bridgehead atoms. The molecular formula is C31H31N5O3. The molecule has 0 unspecified atom stereocenters. The highest BCUT2D eigenvalue weighted by atomic mass is 16.5. The number of aromatic nitrogens is 3. The monoisotopic (exact) mass is 521 g/mol. The molecule has 2 aromatic carbocycles. The van der Waals surface area contributed by atoms with Gasteiger partial charge in [-0.05, 0) is 48.9 Å². The number of amides is 1. The highest BCUT2D eigenvalue weighted by Gasteiger charge is 2.28. The van der Waals surface area contributed by atoms with Crippen molar-refractivity contribution in [2.24, 2.45) is 7.05 Å². The summed E-state index contributed by atoms with van der Waals surface area (Å²) in [5.74, 6) is 0.938. The molecule has 3 aromatic heterocycles. The zero-order valence-corrected chi connectivity index (χ0v) is 22.3. The number of piperazine rings is 1. The van der Waals surface area contributed by atoms with Gasteiger partial charge in [0.2, 0.25) is 5.91 Å². The summed E-state index contributed by atoms with van der Waals surface area (Å²) in [7, 11) is 3.62. The summed E-state index contributed by atoms with van der Waals surface area (Å²) in [4.78, 5) is 36.6. The smallest absolute Gasteiger partial charge is 0.274 e. The molecule has 1 aliphatic heterocycles. The highest BCUT2D eigenvalue weighted by molar-refractivity contribution is 5.97. The molecule has 1 amide bonds. The Labute approximate surface area is 226 Å². The van der Waals surface area contributed by atoms with Crippen LogP contribution in [0.5, 0.6) is 5.75 Å². The van der Waals surface area contributed by atoms with Crippen molar-refractivity contribution >= 4 is 27.7 Å². The molecule has 1 saturated heterocycles. The zero-order chi connectivity index (χ0) is 27.1. The number of aromatic amines is 1. The van der Waals surface area contributed by atoms with Crippen LogP contribution in [-0.2, 0) is 11.8 Å². The minimum atomic E-state index is -0.121. The number of carbonyl (C=O) groups excluding carboxylic acids is 1. The number of carbonyl (C=O) groups is 1. The second-order valence-corrected chi connectivity index (χ2v) is 10.2. The van der Waals surface area contributed by atoms with Crippen molar-refractivity contribution in [3.63, 3.8) is 0 Å². The number of nitrogens with zero attached hydrogens (tertiary/aromatic N) is 4. The quantitative estimate of drug-likeness (QED) is 0.361. The fourth-order valence-corrected chi connectivity index (χ4v) is 5.34. The summed E-state index contributed by atoms with van der Waals surface area (Å²) >= 11 is 0. The summed E-state index contributed by atoms with van der Waals surface area (Å²) in [5.41, 5.74) is 5.34. The number of pyridine rings is 2. The van der Waals surface area contributed by atoms with Gasteiger partial charge in [0.1, 0.15) is 17.9 Å². The highest BCUT2D eigenvalue weighted by Crippen LogP contribution is 2.30. The minimum Gasteiger partial charge on any atom is -0.492 e. The van der Waals surface area contributed by atoms with Gasteiger partial charge in [0.15, 0.2) is 0 Å². The molecule has 1 atom stereocenters. The van der Waals surface area contributed by atoms with Gasteiger partial charge in [-0.3, -0.25) is 14.5 Å². The molecule has 4 heterocycles. The van der Waals surface area contributed by atoms with Crippen molar-refractivity contribution in [3.8, 4) is 28.1 Å². The first-order chi connectivity index (χ1) is 18.9.